The first-order chi connectivity index (χ1) is 14.0. The Morgan fingerprint density at radius 1 is 1.17 bits per heavy atom. The zero-order valence-corrected chi connectivity index (χ0v) is 19.2. The number of piperidine rings is 1. The van der Waals surface area contributed by atoms with Gasteiger partial charge >= 0.3 is 0 Å². The summed E-state index contributed by atoms with van der Waals surface area (Å²) >= 11 is 14.9. The monoisotopic (exact) mass is 444 g/mol. The summed E-state index contributed by atoms with van der Waals surface area (Å²) in [7, 11) is 0. The summed E-state index contributed by atoms with van der Waals surface area (Å²) in [4.78, 5) is 4.49. The van der Waals surface area contributed by atoms with Crippen LogP contribution in [0.4, 0.5) is 0 Å². The first-order valence-electron chi connectivity index (χ1n) is 10.0. The topological polar surface area (TPSA) is 27.0 Å². The van der Waals surface area contributed by atoms with E-state index in [0.717, 1.165) is 42.9 Å². The molecule has 3 rings (SSSR count). The van der Waals surface area contributed by atoms with Gasteiger partial charge in [-0.25, -0.2) is 0 Å². The second-order valence-electron chi connectivity index (χ2n) is 7.71. The number of hydrogen-bond donors (Lipinski definition) is 0. The Kier molecular flexibility index (Phi) is 8.09. The maximum absolute atomic E-state index is 9.13. The van der Waals surface area contributed by atoms with Gasteiger partial charge < -0.3 is 0 Å². The van der Waals surface area contributed by atoms with Gasteiger partial charge in [-0.2, -0.15) is 5.26 Å². The molecule has 2 nitrogen and oxygen atoms in total. The van der Waals surface area contributed by atoms with Crippen molar-refractivity contribution in [1.82, 2.24) is 4.90 Å². The minimum atomic E-state index is 0.153. The minimum absolute atomic E-state index is 0.153. The van der Waals surface area contributed by atoms with Crippen molar-refractivity contribution in [3.05, 3.63) is 63.6 Å². The molecule has 0 bridgehead atoms. The third kappa shape index (κ3) is 5.80. The molecule has 1 heterocycles. The molecule has 5 heteroatoms. The van der Waals surface area contributed by atoms with E-state index in [4.69, 9.17) is 28.5 Å². The van der Waals surface area contributed by atoms with Crippen LogP contribution in [0.25, 0.3) is 6.08 Å². The Hall–Kier alpha value is -1.44. The molecular formula is C24H26Cl2N2S. The van der Waals surface area contributed by atoms with Crippen molar-refractivity contribution in [1.29, 1.82) is 5.26 Å². The van der Waals surface area contributed by atoms with E-state index in [1.54, 1.807) is 11.8 Å². The number of benzene rings is 2. The predicted octanol–water partition coefficient (Wildman–Crippen LogP) is 7.52. The summed E-state index contributed by atoms with van der Waals surface area (Å²) in [5.74, 6) is 0.603. The van der Waals surface area contributed by atoms with E-state index in [1.807, 2.05) is 18.2 Å². The van der Waals surface area contributed by atoms with Crippen molar-refractivity contribution in [3.63, 3.8) is 0 Å². The van der Waals surface area contributed by atoms with E-state index < -0.39 is 0 Å². The van der Waals surface area contributed by atoms with Gasteiger partial charge in [-0.1, -0.05) is 85.2 Å². The lowest BCUT2D eigenvalue weighted by molar-refractivity contribution is 0.219. The highest BCUT2D eigenvalue weighted by molar-refractivity contribution is 7.99. The van der Waals surface area contributed by atoms with E-state index in [-0.39, 0.29) is 5.92 Å². The van der Waals surface area contributed by atoms with Crippen LogP contribution in [0.1, 0.15) is 43.7 Å². The average molecular weight is 445 g/mol. The lowest BCUT2D eigenvalue weighted by Gasteiger charge is -2.28. The number of likely N-dealkylation sites (tertiary alicyclic amines) is 1. The van der Waals surface area contributed by atoms with Crippen molar-refractivity contribution < 1.29 is 0 Å². The quantitative estimate of drug-likeness (QED) is 0.460. The van der Waals surface area contributed by atoms with Crippen LogP contribution < -0.4 is 0 Å². The standard InChI is InChI=1S/C24H26Cl2N2S/c1-17(2)20-9-3-4-10-21(20)29-22-12-11-19(23(25)24(22)26)8-6-14-28-13-5-7-18(15-27)16-28/h3-4,6,8-12,17-18H,5,7,13-14,16H2,1-2H3/b8-6+. The van der Waals surface area contributed by atoms with Crippen LogP contribution in [-0.2, 0) is 0 Å². The molecule has 1 aliphatic heterocycles. The SMILES string of the molecule is CC(C)c1ccccc1Sc1ccc(/C=C/CN2CCCC(C#N)C2)c(Cl)c1Cl. The molecule has 29 heavy (non-hydrogen) atoms. The van der Waals surface area contributed by atoms with Gasteiger partial charge in [0.2, 0.25) is 0 Å². The molecule has 0 radical (unpaired) electrons. The van der Waals surface area contributed by atoms with E-state index in [2.05, 4.69) is 55.2 Å². The van der Waals surface area contributed by atoms with Crippen molar-refractivity contribution in [3.8, 4) is 6.07 Å². The van der Waals surface area contributed by atoms with Gasteiger partial charge in [0.1, 0.15) is 0 Å². The van der Waals surface area contributed by atoms with Gasteiger partial charge in [0.25, 0.3) is 0 Å². The molecule has 1 unspecified atom stereocenters. The second kappa shape index (κ2) is 10.5. The first kappa shape index (κ1) is 22.2. The fraction of sp³-hybridized carbons (Fsp3) is 0.375. The summed E-state index contributed by atoms with van der Waals surface area (Å²) < 4.78 is 0. The molecule has 1 atom stereocenters. The number of hydrogen-bond acceptors (Lipinski definition) is 3. The van der Waals surface area contributed by atoms with Crippen LogP contribution in [0.15, 0.2) is 52.3 Å². The summed E-state index contributed by atoms with van der Waals surface area (Å²) in [6.07, 6.45) is 6.23. The van der Waals surface area contributed by atoms with Gasteiger partial charge in [0.15, 0.2) is 0 Å². The lowest BCUT2D eigenvalue weighted by Crippen LogP contribution is -2.34. The Balaban J connectivity index is 1.71. The van der Waals surface area contributed by atoms with Crippen LogP contribution in [0.3, 0.4) is 0 Å². The zero-order chi connectivity index (χ0) is 20.8. The zero-order valence-electron chi connectivity index (χ0n) is 16.9. The summed E-state index contributed by atoms with van der Waals surface area (Å²) in [5.41, 5.74) is 2.23. The molecule has 1 saturated heterocycles. The highest BCUT2D eigenvalue weighted by atomic mass is 35.5. The summed E-state index contributed by atoms with van der Waals surface area (Å²) in [5, 5.41) is 10.3. The fourth-order valence-electron chi connectivity index (χ4n) is 3.58. The molecule has 152 valence electrons. The van der Waals surface area contributed by atoms with Crippen molar-refractivity contribution in [2.45, 2.75) is 42.4 Å². The van der Waals surface area contributed by atoms with Crippen molar-refractivity contribution >= 4 is 41.0 Å². The molecule has 0 amide bonds. The normalized spacial score (nSPS) is 17.7. The third-order valence-corrected chi connectivity index (χ3v) is 7.35. The number of halogens is 2. The molecule has 0 aliphatic carbocycles. The molecule has 0 aromatic heterocycles. The highest BCUT2D eigenvalue weighted by Crippen LogP contribution is 2.41. The number of rotatable bonds is 6. The first-order valence-corrected chi connectivity index (χ1v) is 11.6. The Morgan fingerprint density at radius 3 is 2.72 bits per heavy atom. The third-order valence-electron chi connectivity index (χ3n) is 5.19. The van der Waals surface area contributed by atoms with Crippen molar-refractivity contribution in [2.75, 3.05) is 19.6 Å². The van der Waals surface area contributed by atoms with Gasteiger partial charge in [-0.05, 0) is 48.6 Å². The second-order valence-corrected chi connectivity index (χ2v) is 9.55. The van der Waals surface area contributed by atoms with Gasteiger partial charge in [-0.15, -0.1) is 0 Å². The van der Waals surface area contributed by atoms with Gasteiger partial charge in [-0.3, -0.25) is 4.90 Å². The number of nitrogens with zero attached hydrogens (tertiary/aromatic N) is 2. The highest BCUT2D eigenvalue weighted by Gasteiger charge is 2.18. The van der Waals surface area contributed by atoms with Gasteiger partial charge in [0, 0.05) is 22.9 Å². The van der Waals surface area contributed by atoms with Crippen LogP contribution in [-0.4, -0.2) is 24.5 Å². The molecule has 1 fully saturated rings. The summed E-state index contributed by atoms with van der Waals surface area (Å²) in [6.45, 7) is 7.11. The van der Waals surface area contributed by atoms with Gasteiger partial charge in [0.05, 0.1) is 22.0 Å². The van der Waals surface area contributed by atoms with Crippen LogP contribution in [0, 0.1) is 17.2 Å². The summed E-state index contributed by atoms with van der Waals surface area (Å²) in [6, 6.07) is 14.9. The fourth-order valence-corrected chi connectivity index (χ4v) is 5.28. The Morgan fingerprint density at radius 2 is 1.97 bits per heavy atom. The van der Waals surface area contributed by atoms with Crippen LogP contribution >= 0.6 is 35.0 Å². The maximum Gasteiger partial charge on any atom is 0.0737 e. The molecule has 0 saturated carbocycles. The molecule has 1 aliphatic rings. The lowest BCUT2D eigenvalue weighted by atomic mass is 10.00. The van der Waals surface area contributed by atoms with E-state index in [1.165, 1.54) is 10.5 Å². The predicted molar refractivity (Wildman–Crippen MR) is 125 cm³/mol. The van der Waals surface area contributed by atoms with Crippen LogP contribution in [0.5, 0.6) is 0 Å². The van der Waals surface area contributed by atoms with E-state index in [0.29, 0.717) is 16.0 Å². The Labute approximate surface area is 188 Å². The average Bonchev–Trinajstić information content (AvgIpc) is 2.73. The van der Waals surface area contributed by atoms with E-state index in [9.17, 15) is 0 Å². The smallest absolute Gasteiger partial charge is 0.0737 e. The minimum Gasteiger partial charge on any atom is -0.298 e. The molecule has 2 aromatic rings. The molecule has 0 N–H and O–H groups in total. The molecular weight excluding hydrogens is 419 g/mol. The molecule has 0 spiro atoms. The largest absolute Gasteiger partial charge is 0.298 e. The number of nitriles is 1. The van der Waals surface area contributed by atoms with Crippen molar-refractivity contribution in [2.24, 2.45) is 5.92 Å². The van der Waals surface area contributed by atoms with Crippen LogP contribution in [0.2, 0.25) is 10.0 Å². The van der Waals surface area contributed by atoms with E-state index >= 15 is 0 Å². The molecule has 2 aromatic carbocycles. The Bertz CT molecular complexity index is 918. The maximum atomic E-state index is 9.13.